The Bertz CT molecular complexity index is 433. The first-order valence-corrected chi connectivity index (χ1v) is 7.35. The Hall–Kier alpha value is -1.23. The molecule has 0 saturated carbocycles. The van der Waals surface area contributed by atoms with Gasteiger partial charge in [0, 0.05) is 17.4 Å². The fraction of sp³-hybridized carbons (Fsp3) is 0.500. The van der Waals surface area contributed by atoms with E-state index in [1.807, 2.05) is 0 Å². The van der Waals surface area contributed by atoms with Crippen LogP contribution in [-0.2, 0) is 0 Å². The second kappa shape index (κ2) is 7.38. The zero-order valence-electron chi connectivity index (χ0n) is 11.2. The van der Waals surface area contributed by atoms with Crippen molar-refractivity contribution in [3.05, 3.63) is 23.8 Å². The summed E-state index contributed by atoms with van der Waals surface area (Å²) >= 11 is 3.58. The molecule has 1 atom stereocenters. The maximum atomic E-state index is 11.9. The Morgan fingerprint density at radius 2 is 1.95 bits per heavy atom. The highest BCUT2D eigenvalue weighted by atomic mass is 79.9. The van der Waals surface area contributed by atoms with Crippen LogP contribution in [0.3, 0.4) is 0 Å². The van der Waals surface area contributed by atoms with Crippen molar-refractivity contribution in [1.29, 1.82) is 0 Å². The molecule has 0 aliphatic rings. The molecule has 0 bridgehead atoms. The lowest BCUT2D eigenvalue weighted by molar-refractivity contribution is 0.0949. The number of alkyl halides is 1. The average Bonchev–Trinajstić information content (AvgIpc) is 2.37. The minimum atomic E-state index is -0.340. The molecule has 0 saturated heterocycles. The van der Waals surface area contributed by atoms with Crippen molar-refractivity contribution in [1.82, 2.24) is 5.32 Å². The van der Waals surface area contributed by atoms with Crippen molar-refractivity contribution in [2.24, 2.45) is 5.92 Å². The zero-order valence-corrected chi connectivity index (χ0v) is 12.8. The summed E-state index contributed by atoms with van der Waals surface area (Å²) in [6.45, 7) is 4.75. The maximum absolute atomic E-state index is 11.9. The number of phenols is 2. The van der Waals surface area contributed by atoms with Crippen molar-refractivity contribution < 1.29 is 15.0 Å². The van der Waals surface area contributed by atoms with E-state index in [1.54, 1.807) is 0 Å². The van der Waals surface area contributed by atoms with Gasteiger partial charge in [0.05, 0.1) is 5.56 Å². The van der Waals surface area contributed by atoms with Crippen LogP contribution in [0, 0.1) is 5.92 Å². The number of hydrogen-bond donors (Lipinski definition) is 3. The van der Waals surface area contributed by atoms with Gasteiger partial charge in [-0.25, -0.2) is 0 Å². The lowest BCUT2D eigenvalue weighted by Gasteiger charge is -2.20. The monoisotopic (exact) mass is 329 g/mol. The SMILES string of the molecule is CCC(CC)C(Br)CNC(=O)c1ccc(O)cc1O. The summed E-state index contributed by atoms with van der Waals surface area (Å²) in [6.07, 6.45) is 2.10. The Morgan fingerprint density at radius 1 is 1.32 bits per heavy atom. The molecule has 5 heteroatoms. The topological polar surface area (TPSA) is 69.6 Å². The highest BCUT2D eigenvalue weighted by molar-refractivity contribution is 9.09. The number of amides is 1. The summed E-state index contributed by atoms with van der Waals surface area (Å²) in [5.74, 6) is -0.114. The second-order valence-electron chi connectivity index (χ2n) is 4.50. The molecule has 0 aliphatic carbocycles. The van der Waals surface area contributed by atoms with Gasteiger partial charge in [-0.15, -0.1) is 0 Å². The highest BCUT2D eigenvalue weighted by Crippen LogP contribution is 2.23. The molecule has 0 heterocycles. The number of benzene rings is 1. The van der Waals surface area contributed by atoms with E-state index in [-0.39, 0.29) is 27.8 Å². The third-order valence-corrected chi connectivity index (χ3v) is 4.32. The molecule has 0 fully saturated rings. The number of carbonyl (C=O) groups excluding carboxylic acids is 1. The molecule has 3 N–H and O–H groups in total. The molecule has 106 valence electrons. The summed E-state index contributed by atoms with van der Waals surface area (Å²) in [4.78, 5) is 12.1. The number of phenolic OH excluding ortho intramolecular Hbond substituents is 2. The molecular weight excluding hydrogens is 310 g/mol. The van der Waals surface area contributed by atoms with Gasteiger partial charge in [0.1, 0.15) is 11.5 Å². The molecule has 1 unspecified atom stereocenters. The molecule has 1 aromatic rings. The molecule has 1 amide bonds. The van der Waals surface area contributed by atoms with Gasteiger partial charge in [0.2, 0.25) is 0 Å². The molecule has 0 aliphatic heterocycles. The summed E-state index contributed by atoms with van der Waals surface area (Å²) in [7, 11) is 0. The van der Waals surface area contributed by atoms with Crippen LogP contribution in [0.5, 0.6) is 11.5 Å². The molecule has 19 heavy (non-hydrogen) atoms. The Labute approximate surface area is 122 Å². The van der Waals surface area contributed by atoms with Gasteiger partial charge in [0.25, 0.3) is 5.91 Å². The predicted octanol–water partition coefficient (Wildman–Crippen LogP) is 3.03. The minimum Gasteiger partial charge on any atom is -0.508 e. The molecule has 1 aromatic carbocycles. The number of hydrogen-bond acceptors (Lipinski definition) is 3. The van der Waals surface area contributed by atoms with Crippen LogP contribution in [0.4, 0.5) is 0 Å². The summed E-state index contributed by atoms with van der Waals surface area (Å²) < 4.78 is 0. The van der Waals surface area contributed by atoms with E-state index < -0.39 is 0 Å². The largest absolute Gasteiger partial charge is 0.508 e. The fourth-order valence-electron chi connectivity index (χ4n) is 1.96. The molecule has 0 spiro atoms. The normalized spacial score (nSPS) is 12.4. The number of aromatic hydroxyl groups is 2. The van der Waals surface area contributed by atoms with Gasteiger partial charge in [-0.3, -0.25) is 4.79 Å². The summed E-state index contributed by atoms with van der Waals surface area (Å²) in [5.41, 5.74) is 0.169. The van der Waals surface area contributed by atoms with Gasteiger partial charge in [-0.1, -0.05) is 42.6 Å². The fourth-order valence-corrected chi connectivity index (χ4v) is 2.87. The molecular formula is C14H20BrNO3. The van der Waals surface area contributed by atoms with E-state index in [0.29, 0.717) is 12.5 Å². The second-order valence-corrected chi connectivity index (χ2v) is 5.68. The van der Waals surface area contributed by atoms with Crippen LogP contribution in [0.1, 0.15) is 37.0 Å². The van der Waals surface area contributed by atoms with Crippen LogP contribution >= 0.6 is 15.9 Å². The average molecular weight is 330 g/mol. The van der Waals surface area contributed by atoms with E-state index in [1.165, 1.54) is 12.1 Å². The van der Waals surface area contributed by atoms with Crippen LogP contribution in [-0.4, -0.2) is 27.5 Å². The Kier molecular flexibility index (Phi) is 6.15. The van der Waals surface area contributed by atoms with Crippen LogP contribution in [0.15, 0.2) is 18.2 Å². The standard InChI is InChI=1S/C14H20BrNO3/c1-3-9(4-2)12(15)8-16-14(19)11-6-5-10(17)7-13(11)18/h5-7,9,12,17-18H,3-4,8H2,1-2H3,(H,16,19). The van der Waals surface area contributed by atoms with Crippen LogP contribution < -0.4 is 5.32 Å². The third kappa shape index (κ3) is 4.42. The van der Waals surface area contributed by atoms with Crippen LogP contribution in [0.2, 0.25) is 0 Å². The van der Waals surface area contributed by atoms with Crippen molar-refractivity contribution in [2.45, 2.75) is 31.5 Å². The first-order chi connectivity index (χ1) is 8.99. The van der Waals surface area contributed by atoms with Gasteiger partial charge in [-0.05, 0) is 18.1 Å². The van der Waals surface area contributed by atoms with E-state index in [4.69, 9.17) is 0 Å². The third-order valence-electron chi connectivity index (χ3n) is 3.24. The molecule has 1 rings (SSSR count). The van der Waals surface area contributed by atoms with E-state index in [2.05, 4.69) is 35.1 Å². The van der Waals surface area contributed by atoms with Gasteiger partial charge in [-0.2, -0.15) is 0 Å². The smallest absolute Gasteiger partial charge is 0.255 e. The van der Waals surface area contributed by atoms with Gasteiger partial charge < -0.3 is 15.5 Å². The van der Waals surface area contributed by atoms with Gasteiger partial charge in [0.15, 0.2) is 0 Å². The van der Waals surface area contributed by atoms with Crippen molar-refractivity contribution in [3.63, 3.8) is 0 Å². The summed E-state index contributed by atoms with van der Waals surface area (Å²) in [6, 6.07) is 3.93. The quantitative estimate of drug-likeness (QED) is 0.702. The first kappa shape index (κ1) is 15.8. The Balaban J connectivity index is 2.60. The number of rotatable bonds is 6. The molecule has 4 nitrogen and oxygen atoms in total. The molecule has 0 aromatic heterocycles. The molecule has 0 radical (unpaired) electrons. The van der Waals surface area contributed by atoms with Crippen molar-refractivity contribution in [3.8, 4) is 11.5 Å². The maximum Gasteiger partial charge on any atom is 0.255 e. The number of nitrogens with one attached hydrogen (secondary N) is 1. The van der Waals surface area contributed by atoms with Crippen molar-refractivity contribution in [2.75, 3.05) is 6.54 Å². The number of halogens is 1. The predicted molar refractivity (Wildman–Crippen MR) is 78.9 cm³/mol. The number of carbonyl (C=O) groups is 1. The lowest BCUT2D eigenvalue weighted by Crippen LogP contribution is -2.32. The van der Waals surface area contributed by atoms with Gasteiger partial charge >= 0.3 is 0 Å². The lowest BCUT2D eigenvalue weighted by atomic mass is 9.99. The minimum absolute atomic E-state index is 0.0653. The van der Waals surface area contributed by atoms with E-state index >= 15 is 0 Å². The van der Waals surface area contributed by atoms with E-state index in [9.17, 15) is 15.0 Å². The zero-order chi connectivity index (χ0) is 14.4. The van der Waals surface area contributed by atoms with Crippen molar-refractivity contribution >= 4 is 21.8 Å². The Morgan fingerprint density at radius 3 is 2.47 bits per heavy atom. The summed E-state index contributed by atoms with van der Waals surface area (Å²) in [5, 5.41) is 21.6. The highest BCUT2D eigenvalue weighted by Gasteiger charge is 2.17. The first-order valence-electron chi connectivity index (χ1n) is 6.43. The van der Waals surface area contributed by atoms with E-state index in [0.717, 1.165) is 18.9 Å². The van der Waals surface area contributed by atoms with Crippen LogP contribution in [0.25, 0.3) is 0 Å².